The first kappa shape index (κ1) is 16.0. The maximum absolute atomic E-state index is 12.7. The number of carbonyl (C=O) groups is 1. The van der Waals surface area contributed by atoms with E-state index in [-0.39, 0.29) is 5.91 Å². The van der Waals surface area contributed by atoms with E-state index >= 15 is 0 Å². The molecule has 4 aromatic rings. The number of benzene rings is 2. The molecule has 6 heteroatoms. The van der Waals surface area contributed by atoms with Crippen LogP contribution >= 0.6 is 0 Å². The van der Waals surface area contributed by atoms with Crippen molar-refractivity contribution < 1.29 is 14.3 Å². The lowest BCUT2D eigenvalue weighted by atomic mass is 10.1. The lowest BCUT2D eigenvalue weighted by Gasteiger charge is -2.11. The molecule has 0 radical (unpaired) electrons. The fourth-order valence-electron chi connectivity index (χ4n) is 2.95. The number of hydrogen-bond acceptors (Lipinski definition) is 4. The van der Waals surface area contributed by atoms with Gasteiger partial charge in [-0.1, -0.05) is 18.2 Å². The molecule has 2 N–H and O–H groups in total. The normalized spacial score (nSPS) is 10.8. The van der Waals surface area contributed by atoms with Crippen LogP contribution in [0, 0.1) is 0 Å². The Labute approximate surface area is 149 Å². The average Bonchev–Trinajstić information content (AvgIpc) is 3.13. The smallest absolute Gasteiger partial charge is 0.272 e. The van der Waals surface area contributed by atoms with Gasteiger partial charge in [-0.05, 0) is 24.3 Å². The van der Waals surface area contributed by atoms with Crippen molar-refractivity contribution in [3.63, 3.8) is 0 Å². The molecule has 1 amide bonds. The predicted octanol–water partition coefficient (Wildman–Crippen LogP) is 3.99. The van der Waals surface area contributed by atoms with Crippen molar-refractivity contribution in [3.8, 4) is 11.5 Å². The van der Waals surface area contributed by atoms with E-state index in [9.17, 15) is 4.79 Å². The van der Waals surface area contributed by atoms with Gasteiger partial charge in [-0.2, -0.15) is 0 Å². The Kier molecular flexibility index (Phi) is 3.93. The molecule has 2 aromatic heterocycles. The van der Waals surface area contributed by atoms with E-state index in [0.717, 1.165) is 21.8 Å². The summed E-state index contributed by atoms with van der Waals surface area (Å²) in [5, 5.41) is 4.82. The molecule has 26 heavy (non-hydrogen) atoms. The van der Waals surface area contributed by atoms with E-state index in [1.54, 1.807) is 38.6 Å². The van der Waals surface area contributed by atoms with Gasteiger partial charge in [0.25, 0.3) is 5.91 Å². The van der Waals surface area contributed by atoms with Crippen molar-refractivity contribution in [2.24, 2.45) is 0 Å². The van der Waals surface area contributed by atoms with E-state index in [4.69, 9.17) is 9.47 Å². The molecule has 0 saturated heterocycles. The first-order valence-corrected chi connectivity index (χ1v) is 8.09. The molecule has 6 nitrogen and oxygen atoms in total. The molecule has 0 fully saturated rings. The quantitative estimate of drug-likeness (QED) is 0.585. The Bertz CT molecular complexity index is 1120. The second-order valence-electron chi connectivity index (χ2n) is 5.81. The molecular formula is C20H17N3O3. The number of H-pyrrole nitrogens is 1. The van der Waals surface area contributed by atoms with Crippen LogP contribution in [0.4, 0.5) is 5.69 Å². The first-order chi connectivity index (χ1) is 12.7. The number of nitrogens with zero attached hydrogens (tertiary/aromatic N) is 1. The Morgan fingerprint density at radius 1 is 1.04 bits per heavy atom. The van der Waals surface area contributed by atoms with Crippen molar-refractivity contribution in [2.45, 2.75) is 0 Å². The summed E-state index contributed by atoms with van der Waals surface area (Å²) >= 11 is 0. The van der Waals surface area contributed by atoms with Gasteiger partial charge in [0.2, 0.25) is 0 Å². The topological polar surface area (TPSA) is 76.2 Å². The highest BCUT2D eigenvalue weighted by Gasteiger charge is 2.14. The SMILES string of the molecule is COc1ccc(NC(=O)c2cc3ccc4cccnc4c3[nH]2)c(OC)c1. The van der Waals surface area contributed by atoms with Gasteiger partial charge in [-0.3, -0.25) is 9.78 Å². The third-order valence-electron chi connectivity index (χ3n) is 4.27. The van der Waals surface area contributed by atoms with Crippen LogP contribution in [0.15, 0.2) is 54.7 Å². The second-order valence-corrected chi connectivity index (χ2v) is 5.81. The van der Waals surface area contributed by atoms with Crippen LogP contribution in [0.3, 0.4) is 0 Å². The number of amides is 1. The molecule has 2 heterocycles. The van der Waals surface area contributed by atoms with Crippen molar-refractivity contribution in [1.82, 2.24) is 9.97 Å². The number of ether oxygens (including phenoxy) is 2. The zero-order valence-corrected chi connectivity index (χ0v) is 14.4. The first-order valence-electron chi connectivity index (χ1n) is 8.09. The zero-order valence-electron chi connectivity index (χ0n) is 14.4. The number of rotatable bonds is 4. The average molecular weight is 347 g/mol. The molecule has 0 atom stereocenters. The summed E-state index contributed by atoms with van der Waals surface area (Å²) in [6.07, 6.45) is 1.74. The number of methoxy groups -OCH3 is 2. The zero-order chi connectivity index (χ0) is 18.1. The van der Waals surface area contributed by atoms with E-state index in [2.05, 4.69) is 15.3 Å². The van der Waals surface area contributed by atoms with Crippen molar-refractivity contribution in [1.29, 1.82) is 0 Å². The summed E-state index contributed by atoms with van der Waals surface area (Å²) in [6, 6.07) is 14.9. The Morgan fingerprint density at radius 3 is 2.69 bits per heavy atom. The maximum Gasteiger partial charge on any atom is 0.272 e. The monoisotopic (exact) mass is 347 g/mol. The number of nitrogens with one attached hydrogen (secondary N) is 2. The van der Waals surface area contributed by atoms with Crippen LogP contribution in [0.1, 0.15) is 10.5 Å². The highest BCUT2D eigenvalue weighted by molar-refractivity contribution is 6.10. The summed E-state index contributed by atoms with van der Waals surface area (Å²) in [5.41, 5.74) is 2.71. The molecule has 0 aliphatic carbocycles. The minimum atomic E-state index is -0.256. The number of hydrogen-bond donors (Lipinski definition) is 2. The van der Waals surface area contributed by atoms with Crippen LogP contribution in [0.25, 0.3) is 21.8 Å². The third-order valence-corrected chi connectivity index (χ3v) is 4.27. The molecule has 0 spiro atoms. The van der Waals surface area contributed by atoms with Crippen LogP contribution in [-0.4, -0.2) is 30.1 Å². The molecule has 130 valence electrons. The maximum atomic E-state index is 12.7. The van der Waals surface area contributed by atoms with Gasteiger partial charge in [0.1, 0.15) is 17.2 Å². The van der Waals surface area contributed by atoms with Gasteiger partial charge in [0.15, 0.2) is 0 Å². The molecule has 0 aliphatic heterocycles. The summed E-state index contributed by atoms with van der Waals surface area (Å²) in [7, 11) is 3.13. The van der Waals surface area contributed by atoms with E-state index in [1.165, 1.54) is 0 Å². The Hall–Kier alpha value is -3.54. The number of aromatic amines is 1. The number of pyridine rings is 1. The van der Waals surface area contributed by atoms with Crippen molar-refractivity contribution in [3.05, 3.63) is 60.4 Å². The predicted molar refractivity (Wildman–Crippen MR) is 101 cm³/mol. The number of aromatic nitrogens is 2. The van der Waals surface area contributed by atoms with E-state index in [1.807, 2.05) is 30.3 Å². The molecule has 0 unspecified atom stereocenters. The Balaban J connectivity index is 1.69. The van der Waals surface area contributed by atoms with Gasteiger partial charge in [0, 0.05) is 23.0 Å². The lowest BCUT2D eigenvalue weighted by Crippen LogP contribution is -2.13. The van der Waals surface area contributed by atoms with Gasteiger partial charge in [-0.15, -0.1) is 0 Å². The molecule has 2 aromatic carbocycles. The molecule has 0 aliphatic rings. The highest BCUT2D eigenvalue weighted by Crippen LogP contribution is 2.30. The minimum absolute atomic E-state index is 0.256. The largest absolute Gasteiger partial charge is 0.497 e. The van der Waals surface area contributed by atoms with Gasteiger partial charge in [-0.25, -0.2) is 0 Å². The number of anilines is 1. The van der Waals surface area contributed by atoms with Crippen LogP contribution in [0.5, 0.6) is 11.5 Å². The van der Waals surface area contributed by atoms with Crippen LogP contribution < -0.4 is 14.8 Å². The van der Waals surface area contributed by atoms with Crippen LogP contribution in [0.2, 0.25) is 0 Å². The summed E-state index contributed by atoms with van der Waals surface area (Å²) < 4.78 is 10.5. The standard InChI is InChI=1S/C20H17N3O3/c1-25-14-7-8-15(17(11-14)26-2)23-20(24)16-10-13-6-5-12-4-3-9-21-18(12)19(13)22-16/h3-11,22H,1-2H3,(H,23,24). The lowest BCUT2D eigenvalue weighted by molar-refractivity contribution is 0.102. The van der Waals surface area contributed by atoms with Crippen molar-refractivity contribution in [2.75, 3.05) is 19.5 Å². The summed E-state index contributed by atoms with van der Waals surface area (Å²) in [5.74, 6) is 0.928. The molecular weight excluding hydrogens is 330 g/mol. The fourth-order valence-corrected chi connectivity index (χ4v) is 2.95. The summed E-state index contributed by atoms with van der Waals surface area (Å²) in [6.45, 7) is 0. The van der Waals surface area contributed by atoms with Gasteiger partial charge >= 0.3 is 0 Å². The minimum Gasteiger partial charge on any atom is -0.497 e. The van der Waals surface area contributed by atoms with Gasteiger partial charge in [0.05, 0.1) is 30.9 Å². The third kappa shape index (κ3) is 2.71. The summed E-state index contributed by atoms with van der Waals surface area (Å²) in [4.78, 5) is 20.3. The number of fused-ring (bicyclic) bond motifs is 3. The molecule has 4 rings (SSSR count). The van der Waals surface area contributed by atoms with Crippen molar-refractivity contribution >= 4 is 33.4 Å². The van der Waals surface area contributed by atoms with Crippen LogP contribution in [-0.2, 0) is 0 Å². The molecule has 0 saturated carbocycles. The number of carbonyl (C=O) groups excluding carboxylic acids is 1. The van der Waals surface area contributed by atoms with E-state index in [0.29, 0.717) is 22.9 Å². The van der Waals surface area contributed by atoms with E-state index < -0.39 is 0 Å². The van der Waals surface area contributed by atoms with Gasteiger partial charge < -0.3 is 19.8 Å². The molecule has 0 bridgehead atoms. The highest BCUT2D eigenvalue weighted by atomic mass is 16.5. The second kappa shape index (κ2) is 6.40. The fraction of sp³-hybridized carbons (Fsp3) is 0.100. The Morgan fingerprint density at radius 2 is 1.88 bits per heavy atom.